The number of ether oxygens (including phenoxy) is 3. The van der Waals surface area contributed by atoms with Crippen LogP contribution in [0.3, 0.4) is 0 Å². The lowest BCUT2D eigenvalue weighted by Gasteiger charge is -2.28. The highest BCUT2D eigenvalue weighted by atomic mass is 32.1. The largest absolute Gasteiger partial charge is 0.493 e. The molecular formula is C23H28N4O5S. The predicted octanol–water partition coefficient (Wildman–Crippen LogP) is 2.18. The molecule has 1 atom stereocenters. The molecular weight excluding hydrogens is 444 g/mol. The number of hydrogen-bond acceptors (Lipinski definition) is 8. The third-order valence-electron chi connectivity index (χ3n) is 5.73. The van der Waals surface area contributed by atoms with Gasteiger partial charge in [-0.1, -0.05) is 6.07 Å². The van der Waals surface area contributed by atoms with Gasteiger partial charge in [0, 0.05) is 24.0 Å². The molecule has 33 heavy (non-hydrogen) atoms. The summed E-state index contributed by atoms with van der Waals surface area (Å²) in [6.45, 7) is 5.30. The summed E-state index contributed by atoms with van der Waals surface area (Å²) in [5.41, 5.74) is 0.214. The number of thiophene rings is 1. The van der Waals surface area contributed by atoms with Crippen LogP contribution in [-0.4, -0.2) is 60.9 Å². The molecule has 1 fully saturated rings. The summed E-state index contributed by atoms with van der Waals surface area (Å²) in [6, 6.07) is 6.48. The smallest absolute Gasteiger partial charge is 0.262 e. The van der Waals surface area contributed by atoms with E-state index in [2.05, 4.69) is 10.2 Å². The molecule has 1 N–H and O–H groups in total. The van der Waals surface area contributed by atoms with Crippen molar-refractivity contribution in [3.05, 3.63) is 50.7 Å². The van der Waals surface area contributed by atoms with E-state index in [4.69, 9.17) is 19.2 Å². The fourth-order valence-electron chi connectivity index (χ4n) is 3.89. The van der Waals surface area contributed by atoms with Crippen LogP contribution in [0.2, 0.25) is 0 Å². The zero-order valence-corrected chi connectivity index (χ0v) is 19.8. The van der Waals surface area contributed by atoms with Gasteiger partial charge in [0.05, 0.1) is 51.4 Å². The molecule has 1 saturated heterocycles. The topological polar surface area (TPSA) is 94.9 Å². The molecule has 3 heterocycles. The Bertz CT molecular complexity index is 1170. The maximum Gasteiger partial charge on any atom is 0.262 e. The Labute approximate surface area is 195 Å². The normalized spacial score (nSPS) is 15.4. The number of hydrogen-bond donors (Lipinski definition) is 1. The Morgan fingerprint density at radius 3 is 2.64 bits per heavy atom. The van der Waals surface area contributed by atoms with Gasteiger partial charge in [-0.25, -0.2) is 4.98 Å². The average Bonchev–Trinajstić information content (AvgIpc) is 3.36. The van der Waals surface area contributed by atoms with E-state index in [9.17, 15) is 9.59 Å². The fraction of sp³-hybridized carbons (Fsp3) is 0.435. The minimum atomic E-state index is -0.738. The number of amides is 1. The molecule has 0 unspecified atom stereocenters. The maximum atomic E-state index is 13.6. The second-order valence-corrected chi connectivity index (χ2v) is 8.82. The summed E-state index contributed by atoms with van der Waals surface area (Å²) in [4.78, 5) is 34.7. The van der Waals surface area contributed by atoms with Crippen molar-refractivity contribution in [3.63, 3.8) is 0 Å². The molecule has 1 aliphatic heterocycles. The van der Waals surface area contributed by atoms with Gasteiger partial charge in [-0.2, -0.15) is 0 Å². The molecule has 1 amide bonds. The second kappa shape index (κ2) is 10.3. The van der Waals surface area contributed by atoms with Crippen LogP contribution in [0, 0.1) is 0 Å². The standard InChI is InChI=1S/C23H28N4O5S/c1-15(22(28)24-13-16-5-4-10-33-16)27-21(14-26-6-8-32-9-7-26)25-18-12-20(31-3)19(30-2)11-17(18)23(27)29/h4-5,10-12,15H,6-9,13-14H2,1-3H3,(H,24,28)/t15-/m1/s1. The number of benzene rings is 1. The first-order valence-corrected chi connectivity index (χ1v) is 11.7. The van der Waals surface area contributed by atoms with E-state index >= 15 is 0 Å². The van der Waals surface area contributed by atoms with Crippen molar-refractivity contribution in [1.82, 2.24) is 19.8 Å². The molecule has 1 aromatic carbocycles. The third kappa shape index (κ3) is 5.02. The van der Waals surface area contributed by atoms with Crippen LogP contribution in [0.15, 0.2) is 34.4 Å². The van der Waals surface area contributed by atoms with Crippen molar-refractivity contribution in [2.45, 2.75) is 26.1 Å². The number of carbonyl (C=O) groups excluding carboxylic acids is 1. The monoisotopic (exact) mass is 472 g/mol. The van der Waals surface area contributed by atoms with E-state index in [1.807, 2.05) is 17.5 Å². The summed E-state index contributed by atoms with van der Waals surface area (Å²) in [5, 5.41) is 5.27. The average molecular weight is 473 g/mol. The van der Waals surface area contributed by atoms with E-state index in [1.165, 1.54) is 11.7 Å². The summed E-state index contributed by atoms with van der Waals surface area (Å²) in [5.74, 6) is 1.22. The molecule has 1 aliphatic rings. The number of nitrogens with one attached hydrogen (secondary N) is 1. The molecule has 0 bridgehead atoms. The first-order chi connectivity index (χ1) is 16.0. The highest BCUT2D eigenvalue weighted by molar-refractivity contribution is 7.09. The highest BCUT2D eigenvalue weighted by Crippen LogP contribution is 2.30. The van der Waals surface area contributed by atoms with E-state index < -0.39 is 6.04 Å². The lowest BCUT2D eigenvalue weighted by molar-refractivity contribution is -0.124. The zero-order chi connectivity index (χ0) is 23.4. The minimum absolute atomic E-state index is 0.240. The van der Waals surface area contributed by atoms with Crippen LogP contribution in [0.5, 0.6) is 11.5 Å². The minimum Gasteiger partial charge on any atom is -0.493 e. The number of morpholine rings is 1. The number of methoxy groups -OCH3 is 2. The molecule has 4 rings (SSSR count). The van der Waals surface area contributed by atoms with Crippen molar-refractivity contribution < 1.29 is 19.0 Å². The van der Waals surface area contributed by atoms with Gasteiger partial charge >= 0.3 is 0 Å². The molecule has 0 radical (unpaired) electrons. The van der Waals surface area contributed by atoms with Crippen LogP contribution in [0.25, 0.3) is 10.9 Å². The van der Waals surface area contributed by atoms with E-state index in [0.29, 0.717) is 54.5 Å². The molecule has 0 aliphatic carbocycles. The SMILES string of the molecule is COc1cc2nc(CN3CCOCC3)n([C@H](C)C(=O)NCc3cccs3)c(=O)c2cc1OC. The summed E-state index contributed by atoms with van der Waals surface area (Å²) >= 11 is 1.57. The Kier molecular flexibility index (Phi) is 7.26. The van der Waals surface area contributed by atoms with Gasteiger partial charge in [0.1, 0.15) is 11.9 Å². The fourth-order valence-corrected chi connectivity index (χ4v) is 4.54. The third-order valence-corrected chi connectivity index (χ3v) is 6.61. The Balaban J connectivity index is 1.74. The van der Waals surface area contributed by atoms with Crippen LogP contribution in [-0.2, 0) is 22.6 Å². The van der Waals surface area contributed by atoms with Gasteiger partial charge in [0.15, 0.2) is 11.5 Å². The summed E-state index contributed by atoms with van der Waals surface area (Å²) < 4.78 is 17.7. The number of nitrogens with zero attached hydrogens (tertiary/aromatic N) is 3. The van der Waals surface area contributed by atoms with Crippen molar-refractivity contribution >= 4 is 28.1 Å². The van der Waals surface area contributed by atoms with E-state index in [1.54, 1.807) is 37.5 Å². The Morgan fingerprint density at radius 1 is 1.24 bits per heavy atom. The Hall–Kier alpha value is -2.95. The quantitative estimate of drug-likeness (QED) is 0.537. The molecule has 0 spiro atoms. The second-order valence-electron chi connectivity index (χ2n) is 7.79. The number of rotatable bonds is 8. The molecule has 0 saturated carbocycles. The predicted molar refractivity (Wildman–Crippen MR) is 126 cm³/mol. The lowest BCUT2D eigenvalue weighted by Crippen LogP contribution is -2.41. The first kappa shape index (κ1) is 23.2. The van der Waals surface area contributed by atoms with Crippen LogP contribution >= 0.6 is 11.3 Å². The highest BCUT2D eigenvalue weighted by Gasteiger charge is 2.24. The first-order valence-electron chi connectivity index (χ1n) is 10.8. The van der Waals surface area contributed by atoms with Gasteiger partial charge in [-0.3, -0.25) is 19.1 Å². The van der Waals surface area contributed by atoms with Crippen LogP contribution in [0.4, 0.5) is 0 Å². The van der Waals surface area contributed by atoms with Gasteiger partial charge in [-0.15, -0.1) is 11.3 Å². The summed E-state index contributed by atoms with van der Waals surface area (Å²) in [6.07, 6.45) is 0. The Morgan fingerprint density at radius 2 is 1.97 bits per heavy atom. The van der Waals surface area contributed by atoms with Gasteiger partial charge in [0.25, 0.3) is 5.56 Å². The van der Waals surface area contributed by atoms with Crippen molar-refractivity contribution in [2.24, 2.45) is 0 Å². The number of fused-ring (bicyclic) bond motifs is 1. The van der Waals surface area contributed by atoms with E-state index in [-0.39, 0.29) is 11.5 Å². The van der Waals surface area contributed by atoms with Crippen LogP contribution < -0.4 is 20.3 Å². The lowest BCUT2D eigenvalue weighted by atomic mass is 10.2. The molecule has 176 valence electrons. The van der Waals surface area contributed by atoms with Crippen molar-refractivity contribution in [2.75, 3.05) is 40.5 Å². The molecule has 10 heteroatoms. The molecule has 2 aromatic heterocycles. The van der Waals surface area contributed by atoms with Gasteiger partial charge in [0.2, 0.25) is 5.91 Å². The van der Waals surface area contributed by atoms with Crippen molar-refractivity contribution in [3.8, 4) is 11.5 Å². The zero-order valence-electron chi connectivity index (χ0n) is 19.0. The molecule has 9 nitrogen and oxygen atoms in total. The van der Waals surface area contributed by atoms with Crippen molar-refractivity contribution in [1.29, 1.82) is 0 Å². The van der Waals surface area contributed by atoms with Crippen LogP contribution in [0.1, 0.15) is 23.7 Å². The number of carbonyl (C=O) groups is 1. The maximum absolute atomic E-state index is 13.6. The van der Waals surface area contributed by atoms with Gasteiger partial charge in [-0.05, 0) is 24.4 Å². The number of aromatic nitrogens is 2. The van der Waals surface area contributed by atoms with Gasteiger partial charge < -0.3 is 19.5 Å². The van der Waals surface area contributed by atoms with E-state index in [0.717, 1.165) is 18.0 Å². The summed E-state index contributed by atoms with van der Waals surface area (Å²) in [7, 11) is 3.06. The molecule has 3 aromatic rings.